The Labute approximate surface area is 145 Å². The van der Waals surface area contributed by atoms with Crippen LogP contribution in [0.25, 0.3) is 0 Å². The van der Waals surface area contributed by atoms with Crippen LogP contribution in [-0.4, -0.2) is 62.3 Å². The second-order valence-electron chi connectivity index (χ2n) is 5.85. The third-order valence-corrected chi connectivity index (χ3v) is 3.89. The number of carbonyl (C=O) groups excluding carboxylic acids is 2. The van der Waals surface area contributed by atoms with Gasteiger partial charge in [0.15, 0.2) is 0 Å². The first kappa shape index (κ1) is 19.1. The van der Waals surface area contributed by atoms with Gasteiger partial charge in [-0.1, -0.05) is 30.3 Å². The number of carbonyl (C=O) groups is 2. The van der Waals surface area contributed by atoms with Crippen molar-refractivity contribution in [2.24, 2.45) is 0 Å². The van der Waals surface area contributed by atoms with Gasteiger partial charge in [-0.3, -0.25) is 0 Å². The molecule has 1 fully saturated rings. The van der Waals surface area contributed by atoms with Gasteiger partial charge in [0.2, 0.25) is 0 Å². The van der Waals surface area contributed by atoms with Crippen molar-refractivity contribution >= 4 is 12.0 Å². The summed E-state index contributed by atoms with van der Waals surface area (Å²) in [7, 11) is 1.10. The summed E-state index contributed by atoms with van der Waals surface area (Å²) in [6, 6.07) is 6.27. The maximum absolute atomic E-state index is 14.4. The molecule has 1 aromatic rings. The van der Waals surface area contributed by atoms with Crippen LogP contribution in [0.4, 0.5) is 13.6 Å². The summed E-state index contributed by atoms with van der Waals surface area (Å²) >= 11 is 0. The molecule has 0 saturated carbocycles. The topological polar surface area (TPSA) is 67.9 Å². The first-order valence-electron chi connectivity index (χ1n) is 8.04. The Bertz CT molecular complexity index is 577. The number of nitrogens with one attached hydrogen (secondary N) is 1. The molecule has 1 aromatic carbocycles. The number of alkyl halides is 2. The molecule has 1 N–H and O–H groups in total. The molecule has 25 heavy (non-hydrogen) atoms. The van der Waals surface area contributed by atoms with Gasteiger partial charge in [-0.25, -0.2) is 18.4 Å². The molecule has 1 unspecified atom stereocenters. The van der Waals surface area contributed by atoms with E-state index in [1.54, 1.807) is 30.3 Å². The van der Waals surface area contributed by atoms with E-state index in [0.717, 1.165) is 7.11 Å². The second kappa shape index (κ2) is 8.75. The number of methoxy groups -OCH3 is 1. The predicted molar refractivity (Wildman–Crippen MR) is 86.4 cm³/mol. The van der Waals surface area contributed by atoms with Crippen LogP contribution in [0.15, 0.2) is 30.3 Å². The van der Waals surface area contributed by atoms with E-state index in [-0.39, 0.29) is 0 Å². The number of halogens is 2. The van der Waals surface area contributed by atoms with Crippen molar-refractivity contribution in [3.8, 4) is 0 Å². The van der Waals surface area contributed by atoms with E-state index < -0.39 is 36.8 Å². The molecule has 0 aliphatic carbocycles. The summed E-state index contributed by atoms with van der Waals surface area (Å²) in [6.45, 7) is 1.45. The number of morpholine rings is 1. The Hall–Kier alpha value is -2.22. The van der Waals surface area contributed by atoms with Gasteiger partial charge in [0.05, 0.1) is 20.3 Å². The van der Waals surface area contributed by atoms with Crippen molar-refractivity contribution in [3.05, 3.63) is 35.9 Å². The molecule has 1 saturated heterocycles. The number of hydrogen-bond acceptors (Lipinski definition) is 4. The van der Waals surface area contributed by atoms with Crippen LogP contribution < -0.4 is 5.32 Å². The molecule has 1 aliphatic heterocycles. The molecule has 6 nitrogen and oxygen atoms in total. The average Bonchev–Trinajstić information content (AvgIpc) is 2.61. The average molecular weight is 356 g/mol. The summed E-state index contributed by atoms with van der Waals surface area (Å²) in [4.78, 5) is 25.5. The third-order valence-electron chi connectivity index (χ3n) is 3.89. The van der Waals surface area contributed by atoms with Crippen LogP contribution in [-0.2, 0) is 20.7 Å². The minimum Gasteiger partial charge on any atom is -0.467 e. The number of hydrogen-bond donors (Lipinski definition) is 1. The minimum absolute atomic E-state index is 0.347. The Morgan fingerprint density at radius 2 is 1.92 bits per heavy atom. The Kier molecular flexibility index (Phi) is 6.69. The molecule has 138 valence electrons. The summed E-state index contributed by atoms with van der Waals surface area (Å²) in [5, 5.41) is 2.36. The third kappa shape index (κ3) is 5.97. The summed E-state index contributed by atoms with van der Waals surface area (Å²) in [5.74, 6) is -4.06. The van der Waals surface area contributed by atoms with Gasteiger partial charge < -0.3 is 19.7 Å². The molecule has 8 heteroatoms. The van der Waals surface area contributed by atoms with Crippen molar-refractivity contribution < 1.29 is 27.8 Å². The number of nitrogens with zero attached hydrogens (tertiary/aromatic N) is 1. The van der Waals surface area contributed by atoms with Gasteiger partial charge >= 0.3 is 12.0 Å². The van der Waals surface area contributed by atoms with Crippen molar-refractivity contribution in [2.75, 3.05) is 33.4 Å². The summed E-state index contributed by atoms with van der Waals surface area (Å²) in [5.41, 5.74) is 0.454. The van der Waals surface area contributed by atoms with Crippen molar-refractivity contribution in [3.63, 3.8) is 0 Å². The number of amides is 2. The van der Waals surface area contributed by atoms with Gasteiger partial charge in [-0.15, -0.1) is 0 Å². The minimum atomic E-state index is -3.17. The lowest BCUT2D eigenvalue weighted by Gasteiger charge is -2.29. The van der Waals surface area contributed by atoms with Gasteiger partial charge in [0, 0.05) is 25.9 Å². The zero-order valence-corrected chi connectivity index (χ0v) is 14.0. The molecular formula is C17H22F2N2O4. The lowest BCUT2D eigenvalue weighted by Crippen LogP contribution is -2.53. The molecular weight excluding hydrogens is 334 g/mol. The van der Waals surface area contributed by atoms with Gasteiger partial charge in [-0.2, -0.15) is 0 Å². The maximum atomic E-state index is 14.4. The highest BCUT2D eigenvalue weighted by Gasteiger charge is 2.38. The van der Waals surface area contributed by atoms with Crippen LogP contribution in [0.2, 0.25) is 0 Å². The van der Waals surface area contributed by atoms with Crippen LogP contribution in [0.1, 0.15) is 12.0 Å². The molecule has 2 amide bonds. The Morgan fingerprint density at radius 1 is 1.28 bits per heavy atom. The Morgan fingerprint density at radius 3 is 2.52 bits per heavy atom. The zero-order valence-electron chi connectivity index (χ0n) is 14.0. The fourth-order valence-electron chi connectivity index (χ4n) is 2.61. The van der Waals surface area contributed by atoms with Gasteiger partial charge in [-0.05, 0) is 5.56 Å². The standard InChI is InChI=1S/C17H22F2N2O4/c1-24-15(22)14(20-16(23)21-7-9-25-10-8-21)12-17(18,19)11-13-5-3-2-4-6-13/h2-6,14H,7-12H2,1H3,(H,20,23). The van der Waals surface area contributed by atoms with Crippen LogP contribution in [0.3, 0.4) is 0 Å². The number of urea groups is 1. The highest BCUT2D eigenvalue weighted by molar-refractivity contribution is 5.83. The number of ether oxygens (including phenoxy) is 2. The first-order chi connectivity index (χ1) is 11.9. The van der Waals surface area contributed by atoms with Crippen molar-refractivity contribution in [1.82, 2.24) is 10.2 Å². The lowest BCUT2D eigenvalue weighted by atomic mass is 10.0. The van der Waals surface area contributed by atoms with Gasteiger partial charge in [0.1, 0.15) is 6.04 Å². The van der Waals surface area contributed by atoms with E-state index in [1.807, 2.05) is 0 Å². The normalized spacial score (nSPS) is 16.2. The lowest BCUT2D eigenvalue weighted by molar-refractivity contribution is -0.145. The van der Waals surface area contributed by atoms with E-state index in [2.05, 4.69) is 10.1 Å². The molecule has 1 heterocycles. The maximum Gasteiger partial charge on any atom is 0.328 e. The zero-order chi connectivity index (χ0) is 18.3. The smallest absolute Gasteiger partial charge is 0.328 e. The van der Waals surface area contributed by atoms with E-state index >= 15 is 0 Å². The molecule has 2 rings (SSSR count). The molecule has 1 aliphatic rings. The first-order valence-corrected chi connectivity index (χ1v) is 8.04. The van der Waals surface area contributed by atoms with Crippen molar-refractivity contribution in [2.45, 2.75) is 24.8 Å². The number of benzene rings is 1. The number of rotatable bonds is 6. The van der Waals surface area contributed by atoms with E-state index in [9.17, 15) is 18.4 Å². The van der Waals surface area contributed by atoms with Gasteiger partial charge in [0.25, 0.3) is 5.92 Å². The SMILES string of the molecule is COC(=O)C(CC(F)(F)Cc1ccccc1)NC(=O)N1CCOCC1. The number of esters is 1. The summed E-state index contributed by atoms with van der Waals surface area (Å²) < 4.78 is 38.4. The van der Waals surface area contributed by atoms with Crippen LogP contribution in [0, 0.1) is 0 Å². The summed E-state index contributed by atoms with van der Waals surface area (Å²) in [6.07, 6.45) is -1.35. The monoisotopic (exact) mass is 356 g/mol. The predicted octanol–water partition coefficient (Wildman–Crippen LogP) is 1.84. The fourth-order valence-corrected chi connectivity index (χ4v) is 2.61. The highest BCUT2D eigenvalue weighted by atomic mass is 19.3. The molecule has 0 spiro atoms. The second-order valence-corrected chi connectivity index (χ2v) is 5.85. The quantitative estimate of drug-likeness (QED) is 0.790. The van der Waals surface area contributed by atoms with Crippen molar-refractivity contribution in [1.29, 1.82) is 0 Å². The van der Waals surface area contributed by atoms with E-state index in [1.165, 1.54) is 4.90 Å². The Balaban J connectivity index is 2.00. The fraction of sp³-hybridized carbons (Fsp3) is 0.529. The molecule has 0 aromatic heterocycles. The highest BCUT2D eigenvalue weighted by Crippen LogP contribution is 2.26. The van der Waals surface area contributed by atoms with Crippen LogP contribution in [0.5, 0.6) is 0 Å². The van der Waals surface area contributed by atoms with E-state index in [0.29, 0.717) is 31.9 Å². The molecule has 0 bridgehead atoms. The largest absolute Gasteiger partial charge is 0.467 e. The molecule has 0 radical (unpaired) electrons. The van der Waals surface area contributed by atoms with Crippen LogP contribution >= 0.6 is 0 Å². The molecule has 1 atom stereocenters. The van der Waals surface area contributed by atoms with E-state index in [4.69, 9.17) is 4.74 Å².